The number of hydrogen-bond acceptors (Lipinski definition) is 3. The zero-order valence-corrected chi connectivity index (χ0v) is 11.4. The van der Waals surface area contributed by atoms with E-state index >= 15 is 0 Å². The molecule has 19 heavy (non-hydrogen) atoms. The van der Waals surface area contributed by atoms with E-state index < -0.39 is 0 Å². The maximum Gasteiger partial charge on any atom is 0.247 e. The third-order valence-corrected chi connectivity index (χ3v) is 3.14. The van der Waals surface area contributed by atoms with Gasteiger partial charge in [0, 0.05) is 19.4 Å². The van der Waals surface area contributed by atoms with Gasteiger partial charge in [0.05, 0.1) is 5.69 Å². The summed E-state index contributed by atoms with van der Waals surface area (Å²) in [6.07, 6.45) is 4.82. The van der Waals surface area contributed by atoms with Gasteiger partial charge in [0.2, 0.25) is 5.91 Å². The molecule has 0 aromatic heterocycles. The number of amidine groups is 1. The number of unbranched alkanes of at least 4 members (excludes halogenated alkanes) is 2. The third kappa shape index (κ3) is 3.81. The minimum atomic E-state index is 0.0605. The number of carbonyl (C=O) groups excluding carboxylic acids is 1. The van der Waals surface area contributed by atoms with Crippen molar-refractivity contribution in [2.75, 3.05) is 11.6 Å². The van der Waals surface area contributed by atoms with Gasteiger partial charge in [-0.1, -0.05) is 38.0 Å². The van der Waals surface area contributed by atoms with E-state index in [0.29, 0.717) is 12.8 Å². The van der Waals surface area contributed by atoms with Gasteiger partial charge in [0.15, 0.2) is 0 Å². The summed E-state index contributed by atoms with van der Waals surface area (Å²) in [5.41, 5.74) is 0.833. The van der Waals surface area contributed by atoms with Gasteiger partial charge >= 0.3 is 0 Å². The van der Waals surface area contributed by atoms with Gasteiger partial charge in [0.1, 0.15) is 5.84 Å². The van der Waals surface area contributed by atoms with Crippen LogP contribution >= 0.6 is 0 Å². The number of para-hydroxylation sites is 1. The van der Waals surface area contributed by atoms with Crippen LogP contribution in [0.25, 0.3) is 0 Å². The Labute approximate surface area is 114 Å². The zero-order chi connectivity index (χ0) is 13.5. The van der Waals surface area contributed by atoms with Crippen LogP contribution in [0.1, 0.15) is 39.0 Å². The molecule has 0 spiro atoms. The standard InChI is InChI=1S/C15H21N3O/c1-2-3-7-12-16-14-10-11-15(19)18(17-14)13-8-5-4-6-9-13/h4-6,8-9H,2-3,7,10-12H2,1H3,(H,16,17). The molecular weight excluding hydrogens is 238 g/mol. The van der Waals surface area contributed by atoms with Crippen LogP contribution in [0.15, 0.2) is 35.4 Å². The number of carbonyl (C=O) groups is 1. The molecule has 0 aliphatic carbocycles. The van der Waals surface area contributed by atoms with Gasteiger partial charge in [0.25, 0.3) is 0 Å². The summed E-state index contributed by atoms with van der Waals surface area (Å²) in [6.45, 7) is 3.12. The highest BCUT2D eigenvalue weighted by molar-refractivity contribution is 6.01. The number of benzene rings is 1. The van der Waals surface area contributed by atoms with Gasteiger partial charge in [-0.05, 0) is 18.6 Å². The van der Waals surface area contributed by atoms with E-state index in [1.165, 1.54) is 17.9 Å². The van der Waals surface area contributed by atoms with Crippen molar-refractivity contribution < 1.29 is 4.79 Å². The number of anilines is 1. The Morgan fingerprint density at radius 2 is 2.00 bits per heavy atom. The number of nitrogens with one attached hydrogen (secondary N) is 1. The summed E-state index contributed by atoms with van der Waals surface area (Å²) in [5.74, 6) is 0.977. The summed E-state index contributed by atoms with van der Waals surface area (Å²) >= 11 is 0. The van der Waals surface area contributed by atoms with E-state index in [0.717, 1.165) is 24.5 Å². The molecule has 1 aromatic rings. The lowest BCUT2D eigenvalue weighted by atomic mass is 10.2. The Morgan fingerprint density at radius 3 is 2.74 bits per heavy atom. The molecule has 1 N–H and O–H groups in total. The third-order valence-electron chi connectivity index (χ3n) is 3.14. The highest BCUT2D eigenvalue weighted by Crippen LogP contribution is 2.18. The van der Waals surface area contributed by atoms with Gasteiger partial charge in [-0.25, -0.2) is 0 Å². The maximum atomic E-state index is 11.9. The first-order valence-corrected chi connectivity index (χ1v) is 7.00. The van der Waals surface area contributed by atoms with E-state index in [9.17, 15) is 4.79 Å². The highest BCUT2D eigenvalue weighted by Gasteiger charge is 2.21. The number of amides is 1. The Bertz CT molecular complexity index is 442. The monoisotopic (exact) mass is 259 g/mol. The molecule has 102 valence electrons. The van der Waals surface area contributed by atoms with Crippen molar-refractivity contribution in [3.05, 3.63) is 30.3 Å². The largest absolute Gasteiger partial charge is 0.372 e. The van der Waals surface area contributed by atoms with Crippen molar-refractivity contribution in [3.8, 4) is 0 Å². The first-order chi connectivity index (χ1) is 9.31. The summed E-state index contributed by atoms with van der Waals surface area (Å²) in [4.78, 5) is 11.9. The molecule has 0 atom stereocenters. The molecule has 0 bridgehead atoms. The van der Waals surface area contributed by atoms with E-state index in [1.54, 1.807) is 0 Å². The van der Waals surface area contributed by atoms with Crippen molar-refractivity contribution >= 4 is 17.4 Å². The normalized spacial score (nSPS) is 15.3. The van der Waals surface area contributed by atoms with Crippen LogP contribution < -0.4 is 10.3 Å². The van der Waals surface area contributed by atoms with Gasteiger partial charge in [-0.2, -0.15) is 10.1 Å². The van der Waals surface area contributed by atoms with Crippen molar-refractivity contribution in [2.45, 2.75) is 39.0 Å². The maximum absolute atomic E-state index is 11.9. The molecule has 0 saturated carbocycles. The number of nitrogens with zero attached hydrogens (tertiary/aromatic N) is 2. The van der Waals surface area contributed by atoms with E-state index in [1.807, 2.05) is 30.3 Å². The molecule has 4 nitrogen and oxygen atoms in total. The molecule has 4 heteroatoms. The van der Waals surface area contributed by atoms with Crippen molar-refractivity contribution in [1.82, 2.24) is 5.32 Å². The summed E-state index contributed by atoms with van der Waals surface area (Å²) < 4.78 is 0. The molecule has 1 aliphatic heterocycles. The predicted octanol–water partition coefficient (Wildman–Crippen LogP) is 2.91. The highest BCUT2D eigenvalue weighted by atomic mass is 16.2. The van der Waals surface area contributed by atoms with Crippen LogP contribution in [0.4, 0.5) is 5.69 Å². The van der Waals surface area contributed by atoms with Crippen LogP contribution in [0.5, 0.6) is 0 Å². The van der Waals surface area contributed by atoms with Crippen LogP contribution in [0, 0.1) is 0 Å². The molecule has 0 radical (unpaired) electrons. The predicted molar refractivity (Wildman–Crippen MR) is 78.1 cm³/mol. The zero-order valence-electron chi connectivity index (χ0n) is 11.4. The van der Waals surface area contributed by atoms with Crippen molar-refractivity contribution in [3.63, 3.8) is 0 Å². The van der Waals surface area contributed by atoms with Crippen molar-refractivity contribution in [1.29, 1.82) is 0 Å². The lowest BCUT2D eigenvalue weighted by molar-refractivity contribution is -0.118. The Balaban J connectivity index is 2.00. The van der Waals surface area contributed by atoms with Crippen molar-refractivity contribution in [2.24, 2.45) is 5.10 Å². The Hall–Kier alpha value is -1.84. The van der Waals surface area contributed by atoms with Gasteiger partial charge < -0.3 is 5.32 Å². The van der Waals surface area contributed by atoms with E-state index in [4.69, 9.17) is 0 Å². The average molecular weight is 259 g/mol. The topological polar surface area (TPSA) is 44.7 Å². The summed E-state index contributed by atoms with van der Waals surface area (Å²) in [7, 11) is 0. The minimum absolute atomic E-state index is 0.0605. The molecule has 0 unspecified atom stereocenters. The second-order valence-corrected chi connectivity index (χ2v) is 4.72. The Kier molecular flexibility index (Phi) is 4.95. The quantitative estimate of drug-likeness (QED) is 0.826. The van der Waals surface area contributed by atoms with Crippen LogP contribution in [0.2, 0.25) is 0 Å². The van der Waals surface area contributed by atoms with E-state index in [2.05, 4.69) is 17.3 Å². The average Bonchev–Trinajstić information content (AvgIpc) is 2.46. The first-order valence-electron chi connectivity index (χ1n) is 7.00. The molecular formula is C15H21N3O. The second-order valence-electron chi connectivity index (χ2n) is 4.72. The van der Waals surface area contributed by atoms with E-state index in [-0.39, 0.29) is 5.91 Å². The fourth-order valence-electron chi connectivity index (χ4n) is 2.06. The molecule has 0 fully saturated rings. The molecule has 1 heterocycles. The lowest BCUT2D eigenvalue weighted by Crippen LogP contribution is -2.37. The number of hydrazone groups is 1. The van der Waals surface area contributed by atoms with Gasteiger partial charge in [-0.15, -0.1) is 0 Å². The van der Waals surface area contributed by atoms with Crippen LogP contribution in [-0.2, 0) is 4.79 Å². The molecule has 1 aliphatic rings. The molecule has 1 amide bonds. The molecule has 1 aromatic carbocycles. The fourth-order valence-corrected chi connectivity index (χ4v) is 2.06. The van der Waals surface area contributed by atoms with Gasteiger partial charge in [-0.3, -0.25) is 4.79 Å². The number of rotatable bonds is 5. The first kappa shape index (κ1) is 13.6. The molecule has 0 saturated heterocycles. The SMILES string of the molecule is CCCCCNC1=NN(c2ccccc2)C(=O)CC1. The fraction of sp³-hybridized carbons (Fsp3) is 0.467. The Morgan fingerprint density at radius 1 is 1.21 bits per heavy atom. The molecule has 2 rings (SSSR count). The van der Waals surface area contributed by atoms with Crippen LogP contribution in [0.3, 0.4) is 0 Å². The smallest absolute Gasteiger partial charge is 0.247 e. The summed E-state index contributed by atoms with van der Waals surface area (Å²) in [6, 6.07) is 9.58. The lowest BCUT2D eigenvalue weighted by Gasteiger charge is -2.24. The second kappa shape index (κ2) is 6.92. The minimum Gasteiger partial charge on any atom is -0.372 e. The summed E-state index contributed by atoms with van der Waals surface area (Å²) in [5, 5.41) is 9.26. The number of hydrogen-bond donors (Lipinski definition) is 1. The van der Waals surface area contributed by atoms with Crippen LogP contribution in [-0.4, -0.2) is 18.3 Å².